The van der Waals surface area contributed by atoms with E-state index in [2.05, 4.69) is 14.6 Å². The van der Waals surface area contributed by atoms with Crippen molar-refractivity contribution in [2.24, 2.45) is 5.92 Å². The minimum Gasteiger partial charge on any atom is -0.297 e. The molecule has 5 nitrogen and oxygen atoms in total. The van der Waals surface area contributed by atoms with E-state index in [1.807, 2.05) is 57.3 Å². The molecule has 0 aliphatic carbocycles. The van der Waals surface area contributed by atoms with E-state index in [0.717, 1.165) is 54.9 Å². The summed E-state index contributed by atoms with van der Waals surface area (Å²) in [4.78, 5) is 7.21. The largest absolute Gasteiger partial charge is 0.297 e. The lowest BCUT2D eigenvalue weighted by Crippen LogP contribution is -2.38. The predicted molar refractivity (Wildman–Crippen MR) is 108 cm³/mol. The van der Waals surface area contributed by atoms with Gasteiger partial charge in [-0.1, -0.05) is 23.8 Å². The molecule has 3 rings (SSSR count). The van der Waals surface area contributed by atoms with Crippen LogP contribution in [0.25, 0.3) is 0 Å². The van der Waals surface area contributed by atoms with Gasteiger partial charge in [0.05, 0.1) is 10.6 Å². The number of likely N-dealkylation sites (tertiary alicyclic amines) is 1. The average molecular weight is 388 g/mol. The van der Waals surface area contributed by atoms with E-state index in [1.165, 1.54) is 0 Å². The molecule has 1 N–H and O–H groups in total. The number of nitrogens with one attached hydrogen (secondary N) is 1. The fourth-order valence-corrected chi connectivity index (χ4v) is 5.52. The number of rotatable bonds is 6. The van der Waals surface area contributed by atoms with Crippen molar-refractivity contribution in [2.45, 2.75) is 45.1 Å². The highest BCUT2D eigenvalue weighted by Gasteiger charge is 2.24. The minimum absolute atomic E-state index is 0.380. The molecule has 146 valence electrons. The summed E-state index contributed by atoms with van der Waals surface area (Å²) in [6.45, 7) is 9.04. The van der Waals surface area contributed by atoms with E-state index in [9.17, 15) is 8.42 Å². The quantitative estimate of drug-likeness (QED) is 0.827. The molecule has 1 aromatic heterocycles. The molecule has 2 aromatic rings. The summed E-state index contributed by atoms with van der Waals surface area (Å²) in [7, 11) is -3.47. The number of nitrogens with zero attached hydrogens (tertiary/aromatic N) is 2. The van der Waals surface area contributed by atoms with Crippen molar-refractivity contribution in [1.29, 1.82) is 0 Å². The van der Waals surface area contributed by atoms with Crippen molar-refractivity contribution in [3.05, 3.63) is 58.9 Å². The van der Waals surface area contributed by atoms with Gasteiger partial charge < -0.3 is 0 Å². The Hall–Kier alpha value is -1.76. The topological polar surface area (TPSA) is 62.3 Å². The number of benzene rings is 1. The Balaban J connectivity index is 1.54. The fourth-order valence-electron chi connectivity index (χ4n) is 3.96. The van der Waals surface area contributed by atoms with E-state index >= 15 is 0 Å². The van der Waals surface area contributed by atoms with Crippen molar-refractivity contribution < 1.29 is 8.42 Å². The van der Waals surface area contributed by atoms with Gasteiger partial charge in [0, 0.05) is 19.3 Å². The molecule has 1 aliphatic rings. The highest BCUT2D eigenvalue weighted by atomic mass is 32.2. The smallest absolute Gasteiger partial charge is 0.241 e. The third kappa shape index (κ3) is 5.15. The predicted octanol–water partition coefficient (Wildman–Crippen LogP) is 3.20. The Morgan fingerprint density at radius 3 is 2.37 bits per heavy atom. The second kappa shape index (κ2) is 8.50. The Bertz CT molecular complexity index is 851. The molecule has 1 aromatic carbocycles. The number of aryl methyl sites for hydroxylation is 3. The highest BCUT2D eigenvalue weighted by molar-refractivity contribution is 7.89. The van der Waals surface area contributed by atoms with E-state index in [0.29, 0.717) is 17.4 Å². The molecule has 2 heterocycles. The normalized spacial score (nSPS) is 16.6. The van der Waals surface area contributed by atoms with E-state index in [-0.39, 0.29) is 0 Å². The van der Waals surface area contributed by atoms with Crippen LogP contribution in [0.2, 0.25) is 0 Å². The summed E-state index contributed by atoms with van der Waals surface area (Å²) >= 11 is 0. The second-order valence-corrected chi connectivity index (χ2v) is 9.32. The number of sulfonamides is 1. The molecular formula is C21H29N3O2S. The highest BCUT2D eigenvalue weighted by Crippen LogP contribution is 2.23. The average Bonchev–Trinajstić information content (AvgIpc) is 2.61. The van der Waals surface area contributed by atoms with E-state index < -0.39 is 10.0 Å². The van der Waals surface area contributed by atoms with Gasteiger partial charge in [-0.3, -0.25) is 9.88 Å². The van der Waals surface area contributed by atoms with Crippen LogP contribution in [0, 0.1) is 26.7 Å². The number of piperidine rings is 1. The monoisotopic (exact) mass is 387 g/mol. The number of hydrogen-bond acceptors (Lipinski definition) is 4. The standard InChI is InChI=1S/C21H29N3O2S/c1-16-12-17(2)21(18(3)13-16)27(25,26)23-14-19-7-10-24(11-8-19)15-20-6-4-5-9-22-20/h4-6,9,12-13,19,23H,7-8,10-11,14-15H2,1-3H3. The van der Waals surface area contributed by atoms with Crippen LogP contribution in [0.5, 0.6) is 0 Å². The van der Waals surface area contributed by atoms with Crippen LogP contribution in [-0.4, -0.2) is 37.9 Å². The molecule has 0 radical (unpaired) electrons. The first-order valence-corrected chi connectivity index (χ1v) is 11.0. The van der Waals surface area contributed by atoms with Crippen molar-refractivity contribution in [3.63, 3.8) is 0 Å². The van der Waals surface area contributed by atoms with Crippen molar-refractivity contribution in [2.75, 3.05) is 19.6 Å². The third-order valence-corrected chi connectivity index (χ3v) is 6.98. The van der Waals surface area contributed by atoms with Gasteiger partial charge in [0.2, 0.25) is 10.0 Å². The molecule has 1 aliphatic heterocycles. The maximum Gasteiger partial charge on any atom is 0.241 e. The summed E-state index contributed by atoms with van der Waals surface area (Å²) in [5.74, 6) is 0.380. The van der Waals surface area contributed by atoms with Gasteiger partial charge in [-0.05, 0) is 75.9 Å². The zero-order valence-corrected chi connectivity index (χ0v) is 17.2. The van der Waals surface area contributed by atoms with Gasteiger partial charge in [-0.15, -0.1) is 0 Å². The molecule has 0 unspecified atom stereocenters. The Morgan fingerprint density at radius 1 is 1.11 bits per heavy atom. The number of pyridine rings is 1. The van der Waals surface area contributed by atoms with Gasteiger partial charge >= 0.3 is 0 Å². The minimum atomic E-state index is -3.47. The molecule has 0 saturated carbocycles. The molecule has 0 bridgehead atoms. The Kier molecular flexibility index (Phi) is 6.29. The van der Waals surface area contributed by atoms with E-state index in [4.69, 9.17) is 0 Å². The van der Waals surface area contributed by atoms with Crippen LogP contribution < -0.4 is 4.72 Å². The molecule has 6 heteroatoms. The second-order valence-electron chi connectivity index (χ2n) is 7.62. The first-order chi connectivity index (χ1) is 12.8. The summed E-state index contributed by atoms with van der Waals surface area (Å²) in [6, 6.07) is 9.85. The Morgan fingerprint density at radius 2 is 1.78 bits per heavy atom. The lowest BCUT2D eigenvalue weighted by atomic mass is 9.97. The maximum absolute atomic E-state index is 12.8. The lowest BCUT2D eigenvalue weighted by Gasteiger charge is -2.31. The van der Waals surface area contributed by atoms with Gasteiger partial charge in [0.1, 0.15) is 0 Å². The van der Waals surface area contributed by atoms with Crippen molar-refractivity contribution in [3.8, 4) is 0 Å². The first-order valence-electron chi connectivity index (χ1n) is 9.55. The zero-order chi connectivity index (χ0) is 19.4. The van der Waals surface area contributed by atoms with Crippen LogP contribution >= 0.6 is 0 Å². The van der Waals surface area contributed by atoms with Gasteiger partial charge in [0.25, 0.3) is 0 Å². The number of aromatic nitrogens is 1. The zero-order valence-electron chi connectivity index (χ0n) is 16.4. The van der Waals surface area contributed by atoms with Crippen LogP contribution in [0.4, 0.5) is 0 Å². The SMILES string of the molecule is Cc1cc(C)c(S(=O)(=O)NCC2CCN(Cc3ccccn3)CC2)c(C)c1. The van der Waals surface area contributed by atoms with Crippen LogP contribution in [0.15, 0.2) is 41.4 Å². The maximum atomic E-state index is 12.8. The fraction of sp³-hybridized carbons (Fsp3) is 0.476. The van der Waals surface area contributed by atoms with Crippen LogP contribution in [0.1, 0.15) is 35.2 Å². The van der Waals surface area contributed by atoms with Gasteiger partial charge in [-0.25, -0.2) is 13.1 Å². The Labute approximate surface area is 162 Å². The lowest BCUT2D eigenvalue weighted by molar-refractivity contribution is 0.177. The van der Waals surface area contributed by atoms with Crippen LogP contribution in [-0.2, 0) is 16.6 Å². The van der Waals surface area contributed by atoms with Crippen molar-refractivity contribution in [1.82, 2.24) is 14.6 Å². The molecule has 1 saturated heterocycles. The summed E-state index contributed by atoms with van der Waals surface area (Å²) in [6.07, 6.45) is 3.83. The third-order valence-electron chi connectivity index (χ3n) is 5.25. The number of hydrogen-bond donors (Lipinski definition) is 1. The molecule has 27 heavy (non-hydrogen) atoms. The van der Waals surface area contributed by atoms with E-state index in [1.54, 1.807) is 0 Å². The molecule has 0 amide bonds. The van der Waals surface area contributed by atoms with Crippen molar-refractivity contribution >= 4 is 10.0 Å². The van der Waals surface area contributed by atoms with Gasteiger partial charge in [0.15, 0.2) is 0 Å². The summed E-state index contributed by atoms with van der Waals surface area (Å²) < 4.78 is 28.5. The summed E-state index contributed by atoms with van der Waals surface area (Å²) in [5.41, 5.74) is 3.79. The van der Waals surface area contributed by atoms with Gasteiger partial charge in [-0.2, -0.15) is 0 Å². The molecule has 1 fully saturated rings. The molecular weight excluding hydrogens is 358 g/mol. The summed E-state index contributed by atoms with van der Waals surface area (Å²) in [5, 5.41) is 0. The molecule has 0 spiro atoms. The molecule has 0 atom stereocenters. The first kappa shape index (κ1) is 20.0. The van der Waals surface area contributed by atoms with Crippen LogP contribution in [0.3, 0.4) is 0 Å².